The van der Waals surface area contributed by atoms with E-state index < -0.39 is 5.60 Å². The largest absolute Gasteiger partial charge is 0.444 e. The van der Waals surface area contributed by atoms with E-state index in [4.69, 9.17) is 4.74 Å². The van der Waals surface area contributed by atoms with Gasteiger partial charge in [-0.25, -0.2) is 4.79 Å². The number of carbonyl (C=O) groups is 2. The fourth-order valence-corrected chi connectivity index (χ4v) is 2.38. The van der Waals surface area contributed by atoms with Crippen LogP contribution in [0.5, 0.6) is 0 Å². The summed E-state index contributed by atoms with van der Waals surface area (Å²) in [7, 11) is 0. The number of nitrogens with one attached hydrogen (secondary N) is 3. The van der Waals surface area contributed by atoms with Crippen LogP contribution in [-0.2, 0) is 9.53 Å². The summed E-state index contributed by atoms with van der Waals surface area (Å²) in [6.07, 6.45) is 2.32. The van der Waals surface area contributed by atoms with Crippen molar-refractivity contribution in [1.82, 2.24) is 16.0 Å². The molecule has 122 valence electrons. The second-order valence-corrected chi connectivity index (χ2v) is 6.96. The summed E-state index contributed by atoms with van der Waals surface area (Å²) in [4.78, 5) is 23.3. The predicted molar refractivity (Wildman–Crippen MR) is 82.1 cm³/mol. The third-order valence-corrected chi connectivity index (χ3v) is 3.15. The molecule has 1 fully saturated rings. The molecule has 0 aliphatic heterocycles. The lowest BCUT2D eigenvalue weighted by atomic mass is 10.2. The highest BCUT2D eigenvalue weighted by Gasteiger charge is 2.27. The van der Waals surface area contributed by atoms with Crippen LogP contribution in [0.3, 0.4) is 0 Å². The van der Waals surface area contributed by atoms with Crippen LogP contribution < -0.4 is 16.0 Å². The molecule has 0 heterocycles. The molecule has 0 aromatic rings. The zero-order valence-corrected chi connectivity index (χ0v) is 13.8. The minimum absolute atomic E-state index is 0.00792. The minimum Gasteiger partial charge on any atom is -0.444 e. The number of hydrogen-bond donors (Lipinski definition) is 3. The molecule has 2 atom stereocenters. The topological polar surface area (TPSA) is 79.5 Å². The van der Waals surface area contributed by atoms with Crippen molar-refractivity contribution < 1.29 is 14.3 Å². The van der Waals surface area contributed by atoms with Gasteiger partial charge in [-0.2, -0.15) is 0 Å². The van der Waals surface area contributed by atoms with Gasteiger partial charge in [0.1, 0.15) is 5.60 Å². The minimum atomic E-state index is -0.477. The molecule has 2 amide bonds. The second-order valence-electron chi connectivity index (χ2n) is 6.96. The van der Waals surface area contributed by atoms with Gasteiger partial charge in [-0.05, 0) is 53.9 Å². The standard InChI is InChI=1S/C15H29N3O3/c1-10(2)17-13(19)9-16-11-6-7-12(8-11)18-14(20)21-15(3,4)5/h10-12,16H,6-9H2,1-5H3,(H,17,19)(H,18,20). The van der Waals surface area contributed by atoms with E-state index in [1.165, 1.54) is 0 Å². The van der Waals surface area contributed by atoms with Crippen molar-refractivity contribution >= 4 is 12.0 Å². The van der Waals surface area contributed by atoms with E-state index in [9.17, 15) is 9.59 Å². The third kappa shape index (κ3) is 7.90. The Bertz CT molecular complexity index is 364. The number of hydrogen-bond acceptors (Lipinski definition) is 4. The zero-order chi connectivity index (χ0) is 16.0. The Morgan fingerprint density at radius 1 is 1.19 bits per heavy atom. The average Bonchev–Trinajstić information content (AvgIpc) is 2.70. The van der Waals surface area contributed by atoms with Crippen LogP contribution in [0.25, 0.3) is 0 Å². The van der Waals surface area contributed by atoms with Gasteiger partial charge in [0, 0.05) is 18.1 Å². The number of rotatable bonds is 5. The lowest BCUT2D eigenvalue weighted by Crippen LogP contribution is -2.42. The van der Waals surface area contributed by atoms with Crippen molar-refractivity contribution in [3.05, 3.63) is 0 Å². The number of ether oxygens (including phenoxy) is 1. The lowest BCUT2D eigenvalue weighted by molar-refractivity contribution is -0.120. The maximum absolute atomic E-state index is 11.7. The molecule has 6 heteroatoms. The first-order valence-corrected chi connectivity index (χ1v) is 7.68. The van der Waals surface area contributed by atoms with Crippen molar-refractivity contribution in [3.8, 4) is 0 Å². The molecule has 0 spiro atoms. The second kappa shape index (κ2) is 7.64. The van der Waals surface area contributed by atoms with Gasteiger partial charge in [0.15, 0.2) is 0 Å². The molecule has 1 aliphatic carbocycles. The molecule has 3 N–H and O–H groups in total. The molecular formula is C15H29N3O3. The summed E-state index contributed by atoms with van der Waals surface area (Å²) in [5.74, 6) is 0.00792. The highest BCUT2D eigenvalue weighted by atomic mass is 16.6. The van der Waals surface area contributed by atoms with Gasteiger partial charge in [0.2, 0.25) is 5.91 Å². The molecule has 0 saturated heterocycles. The summed E-state index contributed by atoms with van der Waals surface area (Å²) in [6, 6.07) is 0.540. The van der Waals surface area contributed by atoms with E-state index in [0.29, 0.717) is 6.54 Å². The number of alkyl carbamates (subject to hydrolysis) is 1. The fourth-order valence-electron chi connectivity index (χ4n) is 2.38. The lowest BCUT2D eigenvalue weighted by Gasteiger charge is -2.21. The highest BCUT2D eigenvalue weighted by molar-refractivity contribution is 5.78. The van der Waals surface area contributed by atoms with E-state index in [-0.39, 0.29) is 30.1 Å². The van der Waals surface area contributed by atoms with Crippen LogP contribution in [0.2, 0.25) is 0 Å². The maximum atomic E-state index is 11.7. The van der Waals surface area contributed by atoms with Crippen LogP contribution in [0, 0.1) is 0 Å². The van der Waals surface area contributed by atoms with Crippen LogP contribution >= 0.6 is 0 Å². The van der Waals surface area contributed by atoms with Crippen molar-refractivity contribution in [3.63, 3.8) is 0 Å². The normalized spacial score (nSPS) is 22.2. The predicted octanol–water partition coefficient (Wildman–Crippen LogP) is 1.55. The fraction of sp³-hybridized carbons (Fsp3) is 0.867. The van der Waals surface area contributed by atoms with E-state index in [2.05, 4.69) is 16.0 Å². The Hall–Kier alpha value is -1.30. The van der Waals surface area contributed by atoms with Crippen molar-refractivity contribution in [2.24, 2.45) is 0 Å². The van der Waals surface area contributed by atoms with Gasteiger partial charge in [0.25, 0.3) is 0 Å². The smallest absolute Gasteiger partial charge is 0.407 e. The molecule has 1 aliphatic rings. The molecule has 0 bridgehead atoms. The van der Waals surface area contributed by atoms with Gasteiger partial charge >= 0.3 is 6.09 Å². The van der Waals surface area contributed by atoms with Crippen LogP contribution in [0.4, 0.5) is 4.79 Å². The monoisotopic (exact) mass is 299 g/mol. The van der Waals surface area contributed by atoms with Gasteiger partial charge in [0.05, 0.1) is 6.54 Å². The van der Waals surface area contributed by atoms with Crippen LogP contribution in [0.15, 0.2) is 0 Å². The molecule has 0 radical (unpaired) electrons. The van der Waals surface area contributed by atoms with Gasteiger partial charge in [-0.15, -0.1) is 0 Å². The quantitative estimate of drug-likeness (QED) is 0.719. The maximum Gasteiger partial charge on any atom is 0.407 e. The first-order chi connectivity index (χ1) is 9.65. The molecule has 0 aromatic heterocycles. The van der Waals surface area contributed by atoms with Crippen LogP contribution in [0.1, 0.15) is 53.9 Å². The molecule has 1 saturated carbocycles. The Morgan fingerprint density at radius 3 is 2.38 bits per heavy atom. The van der Waals surface area contributed by atoms with Crippen molar-refractivity contribution in [2.45, 2.75) is 77.6 Å². The summed E-state index contributed by atoms with van der Waals surface area (Å²) in [5, 5.41) is 8.96. The zero-order valence-electron chi connectivity index (χ0n) is 13.8. The molecule has 2 unspecified atom stereocenters. The van der Waals surface area contributed by atoms with E-state index in [1.54, 1.807) is 0 Å². The van der Waals surface area contributed by atoms with Crippen molar-refractivity contribution in [1.29, 1.82) is 0 Å². The highest BCUT2D eigenvalue weighted by Crippen LogP contribution is 2.19. The Morgan fingerprint density at radius 2 is 1.81 bits per heavy atom. The van der Waals surface area contributed by atoms with E-state index >= 15 is 0 Å². The summed E-state index contributed by atoms with van der Waals surface area (Å²) in [5.41, 5.74) is -0.477. The molecule has 0 aromatic carbocycles. The summed E-state index contributed by atoms with van der Waals surface area (Å²) < 4.78 is 5.24. The van der Waals surface area contributed by atoms with Crippen LogP contribution in [-0.4, -0.2) is 42.3 Å². The first kappa shape index (κ1) is 17.8. The Balaban J connectivity index is 2.23. The van der Waals surface area contributed by atoms with Crippen molar-refractivity contribution in [2.75, 3.05) is 6.54 Å². The Kier molecular flexibility index (Phi) is 6.45. The summed E-state index contributed by atoms with van der Waals surface area (Å²) >= 11 is 0. The molecular weight excluding hydrogens is 270 g/mol. The summed E-state index contributed by atoms with van der Waals surface area (Å²) in [6.45, 7) is 9.74. The third-order valence-electron chi connectivity index (χ3n) is 3.15. The molecule has 6 nitrogen and oxygen atoms in total. The number of carbonyl (C=O) groups excluding carboxylic acids is 2. The van der Waals surface area contributed by atoms with Gasteiger partial charge in [-0.1, -0.05) is 0 Å². The van der Waals surface area contributed by atoms with E-state index in [0.717, 1.165) is 19.3 Å². The molecule has 21 heavy (non-hydrogen) atoms. The molecule has 1 rings (SSSR count). The van der Waals surface area contributed by atoms with Gasteiger partial charge < -0.3 is 20.7 Å². The van der Waals surface area contributed by atoms with Gasteiger partial charge in [-0.3, -0.25) is 4.79 Å². The SMILES string of the molecule is CC(C)NC(=O)CNC1CCC(NC(=O)OC(C)(C)C)C1. The number of amides is 2. The van der Waals surface area contributed by atoms with E-state index in [1.807, 2.05) is 34.6 Å². The average molecular weight is 299 g/mol. The first-order valence-electron chi connectivity index (χ1n) is 7.68. The Labute approximate surface area is 127 Å².